The Kier molecular flexibility index (Phi) is 3.67. The van der Waals surface area contributed by atoms with E-state index in [1.165, 1.54) is 0 Å². The summed E-state index contributed by atoms with van der Waals surface area (Å²) in [6, 6.07) is 0. The van der Waals surface area contributed by atoms with Gasteiger partial charge in [0.15, 0.2) is 0 Å². The van der Waals surface area contributed by atoms with Gasteiger partial charge in [-0.3, -0.25) is 0 Å². The van der Waals surface area contributed by atoms with Crippen molar-refractivity contribution in [3.8, 4) is 0 Å². The van der Waals surface area contributed by atoms with E-state index in [9.17, 15) is 0 Å². The van der Waals surface area contributed by atoms with Gasteiger partial charge in [-0.1, -0.05) is 12.1 Å². The first-order valence-electron chi connectivity index (χ1n) is 2.69. The van der Waals surface area contributed by atoms with Crippen molar-refractivity contribution < 1.29 is 5.21 Å². The van der Waals surface area contributed by atoms with Crippen molar-refractivity contribution in [1.82, 2.24) is 0 Å². The summed E-state index contributed by atoms with van der Waals surface area (Å²) >= 11 is -0.136. The molecule has 0 spiro atoms. The van der Waals surface area contributed by atoms with Crippen molar-refractivity contribution in [2.75, 3.05) is 0 Å². The Labute approximate surface area is 55.3 Å². The molecule has 0 saturated carbocycles. The van der Waals surface area contributed by atoms with Gasteiger partial charge in [0.1, 0.15) is 5.84 Å². The van der Waals surface area contributed by atoms with E-state index < -0.39 is 0 Å². The van der Waals surface area contributed by atoms with Gasteiger partial charge in [0.2, 0.25) is 15.2 Å². The van der Waals surface area contributed by atoms with E-state index in [-0.39, 0.29) is 15.2 Å². The van der Waals surface area contributed by atoms with Crippen LogP contribution in [0, 0.1) is 0 Å². The van der Waals surface area contributed by atoms with Crippen LogP contribution in [-0.2, 0) is 0 Å². The van der Waals surface area contributed by atoms with Crippen LogP contribution in [0.2, 0.25) is 10.6 Å². The molecule has 4 heteroatoms. The summed E-state index contributed by atoms with van der Waals surface area (Å²) in [5, 5.41) is 11.0. The van der Waals surface area contributed by atoms with E-state index in [4.69, 9.17) is 10.9 Å². The molecule has 0 heterocycles. The lowest BCUT2D eigenvalue weighted by molar-refractivity contribution is 0.317. The zero-order chi connectivity index (χ0) is 6.57. The second-order valence-electron chi connectivity index (χ2n) is 1.83. The number of oxime groups is 1. The van der Waals surface area contributed by atoms with E-state index >= 15 is 0 Å². The van der Waals surface area contributed by atoms with Crippen LogP contribution in [0.5, 0.6) is 0 Å². The average Bonchev–Trinajstić information content (AvgIpc) is 1.84. The van der Waals surface area contributed by atoms with Crippen LogP contribution < -0.4 is 5.73 Å². The van der Waals surface area contributed by atoms with E-state index in [0.717, 1.165) is 0 Å². The molecule has 1 unspecified atom stereocenters. The summed E-state index contributed by atoms with van der Waals surface area (Å²) in [7, 11) is 0. The summed E-state index contributed by atoms with van der Waals surface area (Å²) in [5.41, 5.74) is 5.26. The molecular weight excluding hydrogens is 119 g/mol. The summed E-state index contributed by atoms with van der Waals surface area (Å²) in [6.07, 6.45) is 0. The SMILES string of the molecule is [CH3][AlH][CH](C)/C(N)=N/O. The predicted octanol–water partition coefficient (Wildman–Crippen LogP) is 0.0258. The van der Waals surface area contributed by atoms with Crippen LogP contribution in [0.3, 0.4) is 0 Å². The van der Waals surface area contributed by atoms with Crippen LogP contribution in [0.25, 0.3) is 0 Å². The largest absolute Gasteiger partial charge is 0.409 e. The van der Waals surface area contributed by atoms with Gasteiger partial charge >= 0.3 is 0 Å². The molecule has 0 aromatic carbocycles. The second-order valence-corrected chi connectivity index (χ2v) is 3.88. The first-order valence-corrected chi connectivity index (χ1v) is 4.92. The Hall–Kier alpha value is -0.198. The van der Waals surface area contributed by atoms with Gasteiger partial charge in [0.25, 0.3) is 0 Å². The fourth-order valence-electron chi connectivity index (χ4n) is 0.308. The van der Waals surface area contributed by atoms with Crippen molar-refractivity contribution >= 4 is 21.1 Å². The first kappa shape index (κ1) is 7.80. The van der Waals surface area contributed by atoms with Crippen LogP contribution in [0.15, 0.2) is 5.16 Å². The lowest BCUT2D eigenvalue weighted by Crippen LogP contribution is -2.19. The number of nitrogens with two attached hydrogens (primary N) is 1. The van der Waals surface area contributed by atoms with Crippen molar-refractivity contribution in [3.05, 3.63) is 0 Å². The normalized spacial score (nSPS) is 15.5. The summed E-state index contributed by atoms with van der Waals surface area (Å²) in [4.78, 5) is 0. The second kappa shape index (κ2) is 3.76. The number of hydrogen-bond acceptors (Lipinski definition) is 2. The smallest absolute Gasteiger partial charge is 0.248 e. The minimum atomic E-state index is -0.136. The Morgan fingerprint density at radius 3 is 2.50 bits per heavy atom. The molecule has 0 radical (unpaired) electrons. The highest BCUT2D eigenvalue weighted by Gasteiger charge is 2.04. The molecule has 8 heavy (non-hydrogen) atoms. The van der Waals surface area contributed by atoms with Gasteiger partial charge in [-0.25, -0.2) is 0 Å². The van der Waals surface area contributed by atoms with E-state index in [1.54, 1.807) is 0 Å². The number of nitrogens with zero attached hydrogens (tertiary/aromatic N) is 1. The third-order valence-electron chi connectivity index (χ3n) is 1.23. The van der Waals surface area contributed by atoms with E-state index in [2.05, 4.69) is 10.9 Å². The number of amidine groups is 1. The quantitative estimate of drug-likeness (QED) is 0.182. The average molecular weight is 130 g/mol. The Bertz CT molecular complexity index is 94.0. The lowest BCUT2D eigenvalue weighted by Gasteiger charge is -2.01. The number of hydrogen-bond donors (Lipinski definition) is 2. The minimum Gasteiger partial charge on any atom is -0.409 e. The standard InChI is InChI=1S/C3H7N2O.CH3.Al.H/c1-2-3(4)5-6;;;/h2,6H,1H3,(H2,4,5);1H3;;. The summed E-state index contributed by atoms with van der Waals surface area (Å²) in [5.74, 6) is 2.50. The highest BCUT2D eigenvalue weighted by molar-refractivity contribution is 6.42. The molecule has 0 aliphatic rings. The molecule has 1 atom stereocenters. The van der Waals surface area contributed by atoms with Crippen molar-refractivity contribution in [2.24, 2.45) is 10.9 Å². The van der Waals surface area contributed by atoms with Gasteiger partial charge in [0.05, 0.1) is 0 Å². The van der Waals surface area contributed by atoms with Gasteiger partial charge < -0.3 is 10.9 Å². The molecule has 0 aromatic heterocycles. The van der Waals surface area contributed by atoms with Crippen LogP contribution in [0.4, 0.5) is 0 Å². The van der Waals surface area contributed by atoms with E-state index in [0.29, 0.717) is 10.6 Å². The Morgan fingerprint density at radius 2 is 2.38 bits per heavy atom. The topological polar surface area (TPSA) is 58.6 Å². The van der Waals surface area contributed by atoms with Crippen LogP contribution >= 0.6 is 0 Å². The fraction of sp³-hybridized carbons (Fsp3) is 0.750. The number of rotatable bonds is 2. The maximum atomic E-state index is 8.12. The third kappa shape index (κ3) is 2.20. The Balaban J connectivity index is 3.63. The van der Waals surface area contributed by atoms with Crippen LogP contribution in [-0.4, -0.2) is 26.3 Å². The van der Waals surface area contributed by atoms with Crippen molar-refractivity contribution in [3.63, 3.8) is 0 Å². The fourth-order valence-corrected chi connectivity index (χ4v) is 0.808. The molecule has 46 valence electrons. The maximum absolute atomic E-state index is 8.12. The summed E-state index contributed by atoms with van der Waals surface area (Å²) < 4.78 is 0.333. The molecule has 0 aliphatic heterocycles. The third-order valence-corrected chi connectivity index (χ3v) is 2.88. The van der Waals surface area contributed by atoms with Crippen molar-refractivity contribution in [1.29, 1.82) is 0 Å². The minimum absolute atomic E-state index is 0.136. The molecule has 0 saturated heterocycles. The highest BCUT2D eigenvalue weighted by atomic mass is 27.1. The molecule has 3 nitrogen and oxygen atoms in total. The monoisotopic (exact) mass is 130 g/mol. The van der Waals surface area contributed by atoms with Crippen LogP contribution in [0.1, 0.15) is 6.92 Å². The molecular formula is C4H11AlN2O. The zero-order valence-corrected chi connectivity index (χ0v) is 6.67. The lowest BCUT2D eigenvalue weighted by atomic mass is 10.4. The van der Waals surface area contributed by atoms with Gasteiger partial charge in [0, 0.05) is 0 Å². The highest BCUT2D eigenvalue weighted by Crippen LogP contribution is 1.97. The Morgan fingerprint density at radius 1 is 1.88 bits per heavy atom. The van der Waals surface area contributed by atoms with Gasteiger partial charge in [-0.15, -0.1) is 5.79 Å². The van der Waals surface area contributed by atoms with E-state index in [1.807, 2.05) is 6.92 Å². The zero-order valence-electron chi connectivity index (χ0n) is 5.26. The van der Waals surface area contributed by atoms with Gasteiger partial charge in [-0.2, -0.15) is 0 Å². The maximum Gasteiger partial charge on any atom is 0.248 e. The molecule has 0 rings (SSSR count). The molecule has 0 aromatic rings. The molecule has 0 fully saturated rings. The van der Waals surface area contributed by atoms with Crippen molar-refractivity contribution in [2.45, 2.75) is 17.5 Å². The molecule has 0 bridgehead atoms. The van der Waals surface area contributed by atoms with Gasteiger partial charge in [-0.05, 0) is 4.78 Å². The summed E-state index contributed by atoms with van der Waals surface area (Å²) in [6.45, 7) is 1.97. The molecule has 0 aliphatic carbocycles. The first-order chi connectivity index (χ1) is 3.72. The molecule has 3 N–H and O–H groups in total. The molecule has 0 amide bonds. The predicted molar refractivity (Wildman–Crippen MR) is 35.8 cm³/mol.